The van der Waals surface area contributed by atoms with Gasteiger partial charge < -0.3 is 0 Å². The zero-order valence-corrected chi connectivity index (χ0v) is 13.3. The maximum atomic E-state index is 6.40. The highest BCUT2D eigenvalue weighted by molar-refractivity contribution is 6.31. The zero-order chi connectivity index (χ0) is 13.8. The van der Waals surface area contributed by atoms with Crippen LogP contribution in [-0.2, 0) is 13.1 Å². The van der Waals surface area contributed by atoms with E-state index in [2.05, 4.69) is 16.9 Å². The summed E-state index contributed by atoms with van der Waals surface area (Å²) in [6.45, 7) is 7.00. The number of alkyl halides is 1. The molecule has 19 heavy (non-hydrogen) atoms. The summed E-state index contributed by atoms with van der Waals surface area (Å²) in [4.78, 5) is 2.53. The Morgan fingerprint density at radius 2 is 2.16 bits per heavy atom. The summed E-state index contributed by atoms with van der Waals surface area (Å²) in [5, 5.41) is 5.33. The lowest BCUT2D eigenvalue weighted by Crippen LogP contribution is -2.39. The largest absolute Gasteiger partial charge is 0.294 e. The number of rotatable bonds is 5. The molecule has 1 saturated heterocycles. The fourth-order valence-corrected chi connectivity index (χ4v) is 3.38. The second-order valence-corrected chi connectivity index (χ2v) is 6.02. The van der Waals surface area contributed by atoms with Gasteiger partial charge in [0.1, 0.15) is 0 Å². The van der Waals surface area contributed by atoms with Gasteiger partial charge in [-0.2, -0.15) is 5.10 Å². The van der Waals surface area contributed by atoms with Crippen molar-refractivity contribution in [2.45, 2.75) is 58.7 Å². The third-order valence-electron chi connectivity index (χ3n) is 4.00. The number of hydrogen-bond acceptors (Lipinski definition) is 2. The van der Waals surface area contributed by atoms with Crippen LogP contribution in [0.1, 0.15) is 44.0 Å². The topological polar surface area (TPSA) is 21.1 Å². The molecule has 0 radical (unpaired) electrons. The fraction of sp³-hybridized carbons (Fsp3) is 0.786. The molecule has 5 heteroatoms. The minimum Gasteiger partial charge on any atom is -0.294 e. The highest BCUT2D eigenvalue weighted by Gasteiger charge is 2.24. The highest BCUT2D eigenvalue weighted by atomic mass is 35.5. The van der Waals surface area contributed by atoms with Crippen LogP contribution in [0.25, 0.3) is 0 Å². The van der Waals surface area contributed by atoms with Gasteiger partial charge in [-0.25, -0.2) is 0 Å². The Kier molecular flexibility index (Phi) is 5.55. The van der Waals surface area contributed by atoms with Crippen molar-refractivity contribution in [2.24, 2.45) is 0 Å². The third-order valence-corrected chi connectivity index (χ3v) is 4.71. The summed E-state index contributed by atoms with van der Waals surface area (Å²) in [5.41, 5.74) is 2.09. The molecule has 3 nitrogen and oxygen atoms in total. The Labute approximate surface area is 125 Å². The van der Waals surface area contributed by atoms with E-state index >= 15 is 0 Å². The molecule has 0 aliphatic carbocycles. The number of likely N-dealkylation sites (tertiary alicyclic amines) is 1. The average Bonchev–Trinajstić information content (AvgIpc) is 2.69. The number of piperidine rings is 1. The highest BCUT2D eigenvalue weighted by Crippen LogP contribution is 2.26. The van der Waals surface area contributed by atoms with Crippen LogP contribution in [0, 0.1) is 6.92 Å². The Bertz CT molecular complexity index is 415. The number of hydrogen-bond donors (Lipinski definition) is 0. The van der Waals surface area contributed by atoms with E-state index in [0.29, 0.717) is 6.04 Å². The second-order valence-electron chi connectivity index (χ2n) is 5.26. The summed E-state index contributed by atoms with van der Waals surface area (Å²) < 4.78 is 2.03. The first-order valence-electron chi connectivity index (χ1n) is 7.19. The number of aryl methyl sites for hydroxylation is 2. The quantitative estimate of drug-likeness (QED) is 0.771. The van der Waals surface area contributed by atoms with E-state index in [1.165, 1.54) is 19.3 Å². The van der Waals surface area contributed by atoms with Crippen molar-refractivity contribution < 1.29 is 0 Å². The van der Waals surface area contributed by atoms with Gasteiger partial charge in [0.15, 0.2) is 0 Å². The molecule has 0 saturated carbocycles. The van der Waals surface area contributed by atoms with Gasteiger partial charge in [-0.1, -0.05) is 18.0 Å². The standard InChI is InChI=1S/C14H23Cl2N3/c1-3-19-13(14(16)11(2)17-19)10-18-9-5-4-6-12(18)7-8-15/h12H,3-10H2,1-2H3. The molecule has 0 amide bonds. The summed E-state index contributed by atoms with van der Waals surface area (Å²) in [7, 11) is 0. The van der Waals surface area contributed by atoms with E-state index in [-0.39, 0.29) is 0 Å². The Balaban J connectivity index is 2.14. The molecule has 1 fully saturated rings. The van der Waals surface area contributed by atoms with Gasteiger partial charge in [0.2, 0.25) is 0 Å². The molecule has 1 atom stereocenters. The Morgan fingerprint density at radius 3 is 2.84 bits per heavy atom. The van der Waals surface area contributed by atoms with Crippen molar-refractivity contribution >= 4 is 23.2 Å². The van der Waals surface area contributed by atoms with Crippen molar-refractivity contribution in [3.8, 4) is 0 Å². The maximum absolute atomic E-state index is 6.40. The lowest BCUT2D eigenvalue weighted by atomic mass is 10.00. The summed E-state index contributed by atoms with van der Waals surface area (Å²) >= 11 is 12.3. The van der Waals surface area contributed by atoms with Crippen molar-refractivity contribution in [1.82, 2.24) is 14.7 Å². The van der Waals surface area contributed by atoms with Crippen molar-refractivity contribution in [3.63, 3.8) is 0 Å². The van der Waals surface area contributed by atoms with Gasteiger partial charge in [-0.05, 0) is 39.7 Å². The second kappa shape index (κ2) is 6.96. The molecule has 0 N–H and O–H groups in total. The lowest BCUT2D eigenvalue weighted by Gasteiger charge is -2.35. The molecule has 1 aromatic rings. The van der Waals surface area contributed by atoms with Crippen LogP contribution in [0.2, 0.25) is 5.02 Å². The van der Waals surface area contributed by atoms with Gasteiger partial charge in [0, 0.05) is 25.0 Å². The van der Waals surface area contributed by atoms with Gasteiger partial charge in [-0.3, -0.25) is 9.58 Å². The first-order valence-corrected chi connectivity index (χ1v) is 8.10. The van der Waals surface area contributed by atoms with Crippen LogP contribution in [0.3, 0.4) is 0 Å². The Morgan fingerprint density at radius 1 is 1.37 bits per heavy atom. The number of aromatic nitrogens is 2. The van der Waals surface area contributed by atoms with Crippen LogP contribution in [-0.4, -0.2) is 33.1 Å². The summed E-state index contributed by atoms with van der Waals surface area (Å²) in [6, 6.07) is 0.600. The number of halogens is 2. The van der Waals surface area contributed by atoms with E-state index in [0.717, 1.165) is 48.3 Å². The minimum absolute atomic E-state index is 0.600. The molecule has 0 spiro atoms. The monoisotopic (exact) mass is 303 g/mol. The molecule has 1 unspecified atom stereocenters. The van der Waals surface area contributed by atoms with Gasteiger partial charge in [-0.15, -0.1) is 11.6 Å². The Hall–Kier alpha value is -0.250. The predicted molar refractivity (Wildman–Crippen MR) is 81.0 cm³/mol. The molecule has 1 aliphatic rings. The van der Waals surface area contributed by atoms with Crippen LogP contribution in [0.5, 0.6) is 0 Å². The molecule has 0 aromatic carbocycles. The molecule has 108 valence electrons. The molecular weight excluding hydrogens is 281 g/mol. The van der Waals surface area contributed by atoms with Gasteiger partial charge in [0.05, 0.1) is 16.4 Å². The van der Waals surface area contributed by atoms with Crippen LogP contribution >= 0.6 is 23.2 Å². The van der Waals surface area contributed by atoms with Gasteiger partial charge >= 0.3 is 0 Å². The van der Waals surface area contributed by atoms with E-state index in [4.69, 9.17) is 23.2 Å². The van der Waals surface area contributed by atoms with E-state index in [9.17, 15) is 0 Å². The number of nitrogens with zero attached hydrogens (tertiary/aromatic N) is 3. The fourth-order valence-electron chi connectivity index (χ4n) is 2.93. The predicted octanol–water partition coefficient (Wildman–Crippen LogP) is 3.85. The van der Waals surface area contributed by atoms with E-state index < -0.39 is 0 Å². The lowest BCUT2D eigenvalue weighted by molar-refractivity contribution is 0.133. The molecular formula is C14H23Cl2N3. The summed E-state index contributed by atoms with van der Waals surface area (Å²) in [6.07, 6.45) is 4.91. The van der Waals surface area contributed by atoms with Gasteiger partial charge in [0.25, 0.3) is 0 Å². The van der Waals surface area contributed by atoms with Crippen molar-refractivity contribution in [2.75, 3.05) is 12.4 Å². The first kappa shape index (κ1) is 15.1. The molecule has 2 rings (SSSR count). The normalized spacial score (nSPS) is 20.9. The zero-order valence-electron chi connectivity index (χ0n) is 11.8. The SMILES string of the molecule is CCn1nc(C)c(Cl)c1CN1CCCCC1CCCl. The molecule has 2 heterocycles. The van der Waals surface area contributed by atoms with Crippen molar-refractivity contribution in [3.05, 3.63) is 16.4 Å². The van der Waals surface area contributed by atoms with Crippen LogP contribution < -0.4 is 0 Å². The average molecular weight is 304 g/mol. The van der Waals surface area contributed by atoms with E-state index in [1.807, 2.05) is 11.6 Å². The first-order chi connectivity index (χ1) is 9.17. The van der Waals surface area contributed by atoms with Crippen LogP contribution in [0.15, 0.2) is 0 Å². The molecule has 0 bridgehead atoms. The molecule has 1 aliphatic heterocycles. The van der Waals surface area contributed by atoms with E-state index in [1.54, 1.807) is 0 Å². The van der Waals surface area contributed by atoms with Crippen molar-refractivity contribution in [1.29, 1.82) is 0 Å². The summed E-state index contributed by atoms with van der Waals surface area (Å²) in [5.74, 6) is 0.737. The smallest absolute Gasteiger partial charge is 0.0860 e. The third kappa shape index (κ3) is 3.45. The minimum atomic E-state index is 0.600. The molecule has 1 aromatic heterocycles. The van der Waals surface area contributed by atoms with Crippen LogP contribution in [0.4, 0.5) is 0 Å². The maximum Gasteiger partial charge on any atom is 0.0860 e.